The smallest absolute Gasteiger partial charge is 0.0809 e. The minimum atomic E-state index is -0.306. The van der Waals surface area contributed by atoms with E-state index in [1.54, 1.807) is 0 Å². The first kappa shape index (κ1) is 15.3. The fraction of sp³-hybridized carbons (Fsp3) is 0.667. The predicted octanol–water partition coefficient (Wildman–Crippen LogP) is 2.14. The Morgan fingerprint density at radius 2 is 1.35 bits per heavy atom. The Balaban J connectivity index is 3.36. The number of ether oxygens (including phenoxy) is 1. The van der Waals surface area contributed by atoms with Crippen molar-refractivity contribution in [1.29, 1.82) is 21.3 Å². The summed E-state index contributed by atoms with van der Waals surface area (Å²) in [6, 6.07) is 4.05. The lowest BCUT2D eigenvalue weighted by molar-refractivity contribution is 0.125. The SMILES string of the molecule is N#CC(C=N)CCCOCCCC(C#N)C=N. The number of hydrogen-bond acceptors (Lipinski definition) is 5. The molecule has 5 nitrogen and oxygen atoms in total. The third-order valence-corrected chi connectivity index (χ3v) is 2.34. The second-order valence-corrected chi connectivity index (χ2v) is 3.70. The van der Waals surface area contributed by atoms with E-state index in [2.05, 4.69) is 0 Å². The van der Waals surface area contributed by atoms with Crippen molar-refractivity contribution in [1.82, 2.24) is 0 Å². The van der Waals surface area contributed by atoms with E-state index in [0.29, 0.717) is 26.1 Å². The van der Waals surface area contributed by atoms with Crippen LogP contribution in [0.15, 0.2) is 0 Å². The average molecular weight is 234 g/mol. The van der Waals surface area contributed by atoms with Gasteiger partial charge in [0, 0.05) is 25.6 Å². The number of hydrogen-bond donors (Lipinski definition) is 2. The molecule has 0 saturated heterocycles. The molecule has 0 aromatic rings. The Labute approximate surface area is 102 Å². The van der Waals surface area contributed by atoms with Gasteiger partial charge in [-0.05, 0) is 25.7 Å². The first-order valence-corrected chi connectivity index (χ1v) is 5.66. The molecule has 2 unspecified atom stereocenters. The first-order valence-electron chi connectivity index (χ1n) is 5.66. The number of nitriles is 2. The van der Waals surface area contributed by atoms with Crippen LogP contribution >= 0.6 is 0 Å². The van der Waals surface area contributed by atoms with Gasteiger partial charge in [0.2, 0.25) is 0 Å². The monoisotopic (exact) mass is 234 g/mol. The van der Waals surface area contributed by atoms with Gasteiger partial charge in [-0.2, -0.15) is 10.5 Å². The van der Waals surface area contributed by atoms with Crippen LogP contribution in [0.25, 0.3) is 0 Å². The van der Waals surface area contributed by atoms with Crippen LogP contribution in [-0.4, -0.2) is 25.6 Å². The molecule has 5 heteroatoms. The van der Waals surface area contributed by atoms with Gasteiger partial charge in [0.25, 0.3) is 0 Å². The average Bonchev–Trinajstić information content (AvgIpc) is 2.37. The van der Waals surface area contributed by atoms with Crippen molar-refractivity contribution in [3.63, 3.8) is 0 Å². The normalized spacial score (nSPS) is 13.1. The molecule has 0 spiro atoms. The number of nitrogens with one attached hydrogen (secondary N) is 2. The van der Waals surface area contributed by atoms with Crippen LogP contribution in [0.1, 0.15) is 25.7 Å². The summed E-state index contributed by atoms with van der Waals surface area (Å²) in [5.74, 6) is -0.612. The van der Waals surface area contributed by atoms with Crippen molar-refractivity contribution in [3.8, 4) is 12.1 Å². The third-order valence-electron chi connectivity index (χ3n) is 2.34. The van der Waals surface area contributed by atoms with E-state index in [4.69, 9.17) is 26.1 Å². The molecular weight excluding hydrogens is 216 g/mol. The molecule has 92 valence electrons. The van der Waals surface area contributed by atoms with Gasteiger partial charge in [0.1, 0.15) is 0 Å². The van der Waals surface area contributed by atoms with Gasteiger partial charge in [-0.25, -0.2) is 0 Å². The zero-order chi connectivity index (χ0) is 12.9. The van der Waals surface area contributed by atoms with Crippen molar-refractivity contribution >= 4 is 12.4 Å². The Kier molecular flexibility index (Phi) is 9.70. The summed E-state index contributed by atoms with van der Waals surface area (Å²) < 4.78 is 5.34. The Hall–Kier alpha value is -1.72. The molecule has 0 heterocycles. The summed E-state index contributed by atoms with van der Waals surface area (Å²) in [4.78, 5) is 0. The predicted molar refractivity (Wildman–Crippen MR) is 65.1 cm³/mol. The van der Waals surface area contributed by atoms with Gasteiger partial charge in [0.05, 0.1) is 24.0 Å². The van der Waals surface area contributed by atoms with E-state index in [-0.39, 0.29) is 11.8 Å². The van der Waals surface area contributed by atoms with Crippen molar-refractivity contribution in [2.45, 2.75) is 25.7 Å². The van der Waals surface area contributed by atoms with E-state index >= 15 is 0 Å². The highest BCUT2D eigenvalue weighted by Crippen LogP contribution is 2.04. The molecule has 2 N–H and O–H groups in total. The molecule has 0 aromatic heterocycles. The molecule has 0 amide bonds. The first-order chi connectivity index (χ1) is 8.28. The van der Waals surface area contributed by atoms with Crippen LogP contribution in [0.2, 0.25) is 0 Å². The molecule has 0 aliphatic carbocycles. The fourth-order valence-electron chi connectivity index (χ4n) is 1.28. The minimum absolute atomic E-state index is 0.306. The maximum absolute atomic E-state index is 8.59. The Morgan fingerprint density at radius 1 is 0.941 bits per heavy atom. The second-order valence-electron chi connectivity index (χ2n) is 3.70. The van der Waals surface area contributed by atoms with E-state index in [1.165, 1.54) is 0 Å². The van der Waals surface area contributed by atoms with Gasteiger partial charge in [0.15, 0.2) is 0 Å². The Morgan fingerprint density at radius 3 is 1.65 bits per heavy atom. The third kappa shape index (κ3) is 8.12. The maximum Gasteiger partial charge on any atom is 0.0809 e. The summed E-state index contributed by atoms with van der Waals surface area (Å²) in [5, 5.41) is 31.1. The van der Waals surface area contributed by atoms with E-state index in [1.807, 2.05) is 12.1 Å². The van der Waals surface area contributed by atoms with Crippen LogP contribution in [-0.2, 0) is 4.74 Å². The van der Waals surface area contributed by atoms with Gasteiger partial charge < -0.3 is 15.6 Å². The molecule has 0 saturated carbocycles. The summed E-state index contributed by atoms with van der Waals surface area (Å²) in [5.41, 5.74) is 0. The highest BCUT2D eigenvalue weighted by Gasteiger charge is 2.03. The second kappa shape index (κ2) is 10.8. The molecule has 2 atom stereocenters. The van der Waals surface area contributed by atoms with Gasteiger partial charge in [-0.1, -0.05) is 0 Å². The number of nitrogens with zero attached hydrogens (tertiary/aromatic N) is 2. The lowest BCUT2D eigenvalue weighted by atomic mass is 10.1. The summed E-state index contributed by atoms with van der Waals surface area (Å²) in [6.07, 6.45) is 5.14. The largest absolute Gasteiger partial charge is 0.381 e. The molecule has 0 rings (SSSR count). The highest BCUT2D eigenvalue weighted by molar-refractivity contribution is 5.60. The Bertz CT molecular complexity index is 273. The van der Waals surface area contributed by atoms with Gasteiger partial charge >= 0.3 is 0 Å². The van der Waals surface area contributed by atoms with Crippen LogP contribution in [0, 0.1) is 45.3 Å². The van der Waals surface area contributed by atoms with Crippen molar-refractivity contribution in [3.05, 3.63) is 0 Å². The van der Waals surface area contributed by atoms with Crippen molar-refractivity contribution in [2.75, 3.05) is 13.2 Å². The lowest BCUT2D eigenvalue weighted by Gasteiger charge is -2.05. The molecular formula is C12H18N4O. The maximum atomic E-state index is 8.59. The lowest BCUT2D eigenvalue weighted by Crippen LogP contribution is -2.04. The van der Waals surface area contributed by atoms with Gasteiger partial charge in [-0.3, -0.25) is 0 Å². The van der Waals surface area contributed by atoms with Gasteiger partial charge in [-0.15, -0.1) is 0 Å². The van der Waals surface area contributed by atoms with Crippen LogP contribution in [0.3, 0.4) is 0 Å². The molecule has 0 aliphatic heterocycles. The fourth-order valence-corrected chi connectivity index (χ4v) is 1.28. The zero-order valence-corrected chi connectivity index (χ0v) is 9.85. The van der Waals surface area contributed by atoms with Crippen LogP contribution in [0.5, 0.6) is 0 Å². The van der Waals surface area contributed by atoms with Crippen molar-refractivity contribution in [2.24, 2.45) is 11.8 Å². The molecule has 0 bridgehead atoms. The quantitative estimate of drug-likeness (QED) is 0.447. The highest BCUT2D eigenvalue weighted by atomic mass is 16.5. The zero-order valence-electron chi connectivity index (χ0n) is 9.85. The van der Waals surface area contributed by atoms with E-state index < -0.39 is 0 Å². The minimum Gasteiger partial charge on any atom is -0.381 e. The summed E-state index contributed by atoms with van der Waals surface area (Å²) in [6.45, 7) is 1.15. The van der Waals surface area contributed by atoms with Crippen molar-refractivity contribution < 1.29 is 4.74 Å². The number of rotatable bonds is 10. The topological polar surface area (TPSA) is 105 Å². The van der Waals surface area contributed by atoms with E-state index in [0.717, 1.165) is 25.3 Å². The summed E-state index contributed by atoms with van der Waals surface area (Å²) >= 11 is 0. The molecule has 0 aliphatic rings. The molecule has 17 heavy (non-hydrogen) atoms. The standard InChI is InChI=1S/C12H18N4O/c13-7-11(8-14)3-1-5-17-6-2-4-12(9-15)10-16/h7,9,11-13,15H,1-6H2. The summed E-state index contributed by atoms with van der Waals surface area (Å²) in [7, 11) is 0. The molecule has 0 radical (unpaired) electrons. The van der Waals surface area contributed by atoms with E-state index in [9.17, 15) is 0 Å². The van der Waals surface area contributed by atoms with Crippen LogP contribution < -0.4 is 0 Å². The van der Waals surface area contributed by atoms with Crippen LogP contribution in [0.4, 0.5) is 0 Å². The molecule has 0 fully saturated rings. The molecule has 0 aromatic carbocycles.